The van der Waals surface area contributed by atoms with E-state index in [1.807, 2.05) is 36.4 Å². The summed E-state index contributed by atoms with van der Waals surface area (Å²) in [6.45, 7) is 2.31. The Morgan fingerprint density at radius 3 is 2.88 bits per heavy atom. The zero-order chi connectivity index (χ0) is 11.9. The standard InChI is InChI=1S/C13H16N2O2/c16-13-14-7-4-8-15(13)9-10-17-11-12-5-2-1-3-6-12/h1-6,8H,7,9-11H2,(H,14,16). The minimum atomic E-state index is -0.0594. The molecule has 17 heavy (non-hydrogen) atoms. The Balaban J connectivity index is 1.68. The van der Waals surface area contributed by atoms with Gasteiger partial charge in [0.25, 0.3) is 0 Å². The Hall–Kier alpha value is -1.81. The molecule has 1 heterocycles. The predicted molar refractivity (Wildman–Crippen MR) is 65.3 cm³/mol. The molecular weight excluding hydrogens is 216 g/mol. The van der Waals surface area contributed by atoms with Gasteiger partial charge in [0.1, 0.15) is 0 Å². The monoisotopic (exact) mass is 232 g/mol. The number of urea groups is 1. The number of benzene rings is 1. The highest BCUT2D eigenvalue weighted by Crippen LogP contribution is 2.01. The third kappa shape index (κ3) is 3.60. The number of nitrogens with zero attached hydrogens (tertiary/aromatic N) is 1. The number of hydrogen-bond donors (Lipinski definition) is 1. The Bertz CT molecular complexity index is 390. The lowest BCUT2D eigenvalue weighted by Crippen LogP contribution is -2.41. The zero-order valence-electron chi connectivity index (χ0n) is 9.63. The summed E-state index contributed by atoms with van der Waals surface area (Å²) in [5.74, 6) is 0. The van der Waals surface area contributed by atoms with Crippen LogP contribution in [0.3, 0.4) is 0 Å². The first-order valence-corrected chi connectivity index (χ1v) is 5.69. The van der Waals surface area contributed by atoms with Crippen molar-refractivity contribution in [2.24, 2.45) is 0 Å². The quantitative estimate of drug-likeness (QED) is 0.786. The Morgan fingerprint density at radius 1 is 1.29 bits per heavy atom. The van der Waals surface area contributed by atoms with E-state index in [0.717, 1.165) is 5.56 Å². The van der Waals surface area contributed by atoms with Gasteiger partial charge < -0.3 is 10.1 Å². The fraction of sp³-hybridized carbons (Fsp3) is 0.308. The highest BCUT2D eigenvalue weighted by Gasteiger charge is 2.11. The van der Waals surface area contributed by atoms with E-state index in [-0.39, 0.29) is 6.03 Å². The van der Waals surface area contributed by atoms with Crippen molar-refractivity contribution in [3.05, 3.63) is 48.2 Å². The third-order valence-corrected chi connectivity index (χ3v) is 2.51. The van der Waals surface area contributed by atoms with Crippen molar-refractivity contribution in [3.63, 3.8) is 0 Å². The van der Waals surface area contributed by atoms with Crippen LogP contribution in [0.15, 0.2) is 42.6 Å². The van der Waals surface area contributed by atoms with E-state index in [1.165, 1.54) is 0 Å². The van der Waals surface area contributed by atoms with E-state index in [0.29, 0.717) is 26.3 Å². The molecule has 0 atom stereocenters. The van der Waals surface area contributed by atoms with Crippen molar-refractivity contribution in [1.82, 2.24) is 10.2 Å². The molecule has 4 nitrogen and oxygen atoms in total. The van der Waals surface area contributed by atoms with E-state index in [1.54, 1.807) is 11.1 Å². The summed E-state index contributed by atoms with van der Waals surface area (Å²) in [7, 11) is 0. The van der Waals surface area contributed by atoms with Crippen LogP contribution in [0.2, 0.25) is 0 Å². The SMILES string of the molecule is O=C1NCC=CN1CCOCc1ccccc1. The van der Waals surface area contributed by atoms with Crippen LogP contribution in [0.1, 0.15) is 5.56 Å². The number of nitrogens with one attached hydrogen (secondary N) is 1. The summed E-state index contributed by atoms with van der Waals surface area (Å²) in [5.41, 5.74) is 1.14. The minimum absolute atomic E-state index is 0.0594. The fourth-order valence-corrected chi connectivity index (χ4v) is 1.60. The number of hydrogen-bond acceptors (Lipinski definition) is 2. The highest BCUT2D eigenvalue weighted by molar-refractivity contribution is 5.76. The molecule has 1 aliphatic heterocycles. The molecule has 0 aromatic heterocycles. The van der Waals surface area contributed by atoms with Gasteiger partial charge in [-0.05, 0) is 11.6 Å². The van der Waals surface area contributed by atoms with Gasteiger partial charge in [-0.15, -0.1) is 0 Å². The van der Waals surface area contributed by atoms with Crippen molar-refractivity contribution in [2.45, 2.75) is 6.61 Å². The van der Waals surface area contributed by atoms with E-state index in [9.17, 15) is 4.79 Å². The molecule has 90 valence electrons. The van der Waals surface area contributed by atoms with Gasteiger partial charge in [0.15, 0.2) is 0 Å². The molecule has 0 fully saturated rings. The van der Waals surface area contributed by atoms with Crippen LogP contribution >= 0.6 is 0 Å². The average molecular weight is 232 g/mol. The maximum Gasteiger partial charge on any atom is 0.321 e. The summed E-state index contributed by atoms with van der Waals surface area (Å²) in [6, 6.07) is 9.93. The highest BCUT2D eigenvalue weighted by atomic mass is 16.5. The lowest BCUT2D eigenvalue weighted by molar-refractivity contribution is 0.107. The molecule has 0 bridgehead atoms. The number of carbonyl (C=O) groups is 1. The lowest BCUT2D eigenvalue weighted by atomic mass is 10.2. The largest absolute Gasteiger partial charge is 0.375 e. The number of rotatable bonds is 5. The van der Waals surface area contributed by atoms with Gasteiger partial charge in [0, 0.05) is 12.7 Å². The third-order valence-electron chi connectivity index (χ3n) is 2.51. The van der Waals surface area contributed by atoms with Crippen molar-refractivity contribution >= 4 is 6.03 Å². The molecule has 1 aromatic carbocycles. The Labute approximate surface area is 101 Å². The van der Waals surface area contributed by atoms with Gasteiger partial charge in [0.2, 0.25) is 0 Å². The van der Waals surface area contributed by atoms with Crippen LogP contribution < -0.4 is 5.32 Å². The lowest BCUT2D eigenvalue weighted by Gasteiger charge is -2.21. The molecule has 0 spiro atoms. The van der Waals surface area contributed by atoms with Gasteiger partial charge in [-0.1, -0.05) is 30.3 Å². The van der Waals surface area contributed by atoms with Crippen LogP contribution in [0.4, 0.5) is 4.79 Å². The van der Waals surface area contributed by atoms with Crippen LogP contribution in [0.5, 0.6) is 0 Å². The fourth-order valence-electron chi connectivity index (χ4n) is 1.60. The van der Waals surface area contributed by atoms with Gasteiger partial charge in [-0.3, -0.25) is 4.90 Å². The maximum atomic E-state index is 11.4. The zero-order valence-corrected chi connectivity index (χ0v) is 9.63. The first-order chi connectivity index (χ1) is 8.36. The molecule has 2 amide bonds. The first kappa shape index (κ1) is 11.7. The van der Waals surface area contributed by atoms with E-state index >= 15 is 0 Å². The molecule has 0 radical (unpaired) electrons. The van der Waals surface area contributed by atoms with Crippen molar-refractivity contribution in [1.29, 1.82) is 0 Å². The van der Waals surface area contributed by atoms with E-state index in [4.69, 9.17) is 4.74 Å². The van der Waals surface area contributed by atoms with Gasteiger partial charge in [-0.2, -0.15) is 0 Å². The van der Waals surface area contributed by atoms with Gasteiger partial charge in [0.05, 0.1) is 19.8 Å². The average Bonchev–Trinajstić information content (AvgIpc) is 2.38. The second-order valence-corrected chi connectivity index (χ2v) is 3.80. The van der Waals surface area contributed by atoms with E-state index in [2.05, 4.69) is 5.32 Å². The second kappa shape index (κ2) is 6.06. The molecular formula is C13H16N2O2. The summed E-state index contributed by atoms with van der Waals surface area (Å²) >= 11 is 0. The Morgan fingerprint density at radius 2 is 2.12 bits per heavy atom. The maximum absolute atomic E-state index is 11.4. The van der Waals surface area contributed by atoms with Crippen LogP contribution in [-0.2, 0) is 11.3 Å². The first-order valence-electron chi connectivity index (χ1n) is 5.69. The van der Waals surface area contributed by atoms with Crippen LogP contribution in [-0.4, -0.2) is 30.6 Å². The summed E-state index contributed by atoms with van der Waals surface area (Å²) in [4.78, 5) is 13.0. The molecule has 1 aliphatic rings. The molecule has 0 saturated carbocycles. The molecule has 0 unspecified atom stereocenters. The van der Waals surface area contributed by atoms with Crippen LogP contribution in [0.25, 0.3) is 0 Å². The summed E-state index contributed by atoms with van der Waals surface area (Å²) < 4.78 is 5.52. The van der Waals surface area contributed by atoms with Gasteiger partial charge >= 0.3 is 6.03 Å². The van der Waals surface area contributed by atoms with E-state index < -0.39 is 0 Å². The predicted octanol–water partition coefficient (Wildman–Crippen LogP) is 1.74. The molecule has 1 aromatic rings. The Kier molecular flexibility index (Phi) is 4.16. The summed E-state index contributed by atoms with van der Waals surface area (Å²) in [5, 5.41) is 2.74. The number of ether oxygens (including phenoxy) is 1. The number of amides is 2. The van der Waals surface area contributed by atoms with Crippen molar-refractivity contribution in [3.8, 4) is 0 Å². The smallest absolute Gasteiger partial charge is 0.321 e. The van der Waals surface area contributed by atoms with Crippen molar-refractivity contribution < 1.29 is 9.53 Å². The summed E-state index contributed by atoms with van der Waals surface area (Å²) in [6.07, 6.45) is 3.71. The molecule has 2 rings (SSSR count). The van der Waals surface area contributed by atoms with Gasteiger partial charge in [-0.25, -0.2) is 4.79 Å². The second-order valence-electron chi connectivity index (χ2n) is 3.80. The minimum Gasteiger partial charge on any atom is -0.375 e. The topological polar surface area (TPSA) is 41.6 Å². The van der Waals surface area contributed by atoms with Crippen LogP contribution in [0, 0.1) is 0 Å². The molecule has 0 saturated heterocycles. The number of carbonyl (C=O) groups excluding carboxylic acids is 1. The molecule has 4 heteroatoms. The molecule has 1 N–H and O–H groups in total. The normalized spacial score (nSPS) is 14.8. The van der Waals surface area contributed by atoms with Crippen molar-refractivity contribution in [2.75, 3.05) is 19.7 Å². The molecule has 0 aliphatic carbocycles.